The number of rotatable bonds is 6. The first-order chi connectivity index (χ1) is 15.5. The minimum atomic E-state index is -0.00421. The van der Waals surface area contributed by atoms with Crippen molar-refractivity contribution in [1.82, 2.24) is 15.3 Å². The summed E-state index contributed by atoms with van der Waals surface area (Å²) in [5, 5.41) is 3.18. The van der Waals surface area contributed by atoms with Crippen molar-refractivity contribution in [2.24, 2.45) is 5.92 Å². The Morgan fingerprint density at radius 3 is 2.47 bits per heavy atom. The second-order valence-corrected chi connectivity index (χ2v) is 8.51. The molecule has 1 amide bonds. The van der Waals surface area contributed by atoms with Gasteiger partial charge < -0.3 is 15.0 Å². The highest BCUT2D eigenvalue weighted by molar-refractivity contribution is 5.79. The Morgan fingerprint density at radius 2 is 1.75 bits per heavy atom. The van der Waals surface area contributed by atoms with Gasteiger partial charge in [-0.3, -0.25) is 4.79 Å². The highest BCUT2D eigenvalue weighted by Gasteiger charge is 2.28. The summed E-state index contributed by atoms with van der Waals surface area (Å²) in [6, 6.07) is 16.2. The average Bonchev–Trinajstić information content (AvgIpc) is 2.80. The summed E-state index contributed by atoms with van der Waals surface area (Å²) in [7, 11) is 0. The molecule has 2 aromatic carbocycles. The first kappa shape index (κ1) is 21.8. The largest absolute Gasteiger partial charge is 0.436 e. The number of amides is 1. The van der Waals surface area contributed by atoms with E-state index >= 15 is 0 Å². The molecule has 6 nitrogen and oxygen atoms in total. The van der Waals surface area contributed by atoms with E-state index in [1.807, 2.05) is 38.1 Å². The van der Waals surface area contributed by atoms with Crippen LogP contribution in [0.3, 0.4) is 0 Å². The van der Waals surface area contributed by atoms with Crippen molar-refractivity contribution in [2.45, 2.75) is 39.7 Å². The van der Waals surface area contributed by atoms with Gasteiger partial charge in [0.1, 0.15) is 5.75 Å². The summed E-state index contributed by atoms with van der Waals surface area (Å²) in [5.74, 6) is 2.08. The van der Waals surface area contributed by atoms with Crippen molar-refractivity contribution in [3.05, 3.63) is 77.6 Å². The second-order valence-electron chi connectivity index (χ2n) is 8.51. The van der Waals surface area contributed by atoms with Crippen LogP contribution >= 0.6 is 0 Å². The van der Waals surface area contributed by atoms with Gasteiger partial charge >= 0.3 is 0 Å². The Labute approximate surface area is 189 Å². The molecule has 1 aliphatic rings. The molecule has 1 N–H and O–H groups in total. The lowest BCUT2D eigenvalue weighted by Crippen LogP contribution is -2.41. The van der Waals surface area contributed by atoms with Gasteiger partial charge in [-0.15, -0.1) is 0 Å². The van der Waals surface area contributed by atoms with Crippen molar-refractivity contribution in [1.29, 1.82) is 0 Å². The standard InChI is InChI=1S/C26H30N4O2/c1-18-7-9-21(10-8-18)20(3)29-25(31)22-11-15-30(16-12-22)24-26(28-14-13-27-24)32-23-6-4-5-19(2)17-23/h4-10,13-14,17,20,22H,11-12,15-16H2,1-3H3,(H,29,31)/t20-/m0/s1. The van der Waals surface area contributed by atoms with Gasteiger partial charge in [0.25, 0.3) is 5.88 Å². The van der Waals surface area contributed by atoms with Crippen LogP contribution in [0.4, 0.5) is 5.82 Å². The van der Waals surface area contributed by atoms with E-state index < -0.39 is 0 Å². The maximum absolute atomic E-state index is 12.8. The summed E-state index contributed by atoms with van der Waals surface area (Å²) >= 11 is 0. The smallest absolute Gasteiger partial charge is 0.263 e. The van der Waals surface area contributed by atoms with Gasteiger partial charge in [-0.05, 0) is 56.9 Å². The lowest BCUT2D eigenvalue weighted by atomic mass is 9.95. The van der Waals surface area contributed by atoms with Gasteiger partial charge in [0, 0.05) is 31.4 Å². The number of hydrogen-bond acceptors (Lipinski definition) is 5. The van der Waals surface area contributed by atoms with Crippen LogP contribution in [0.2, 0.25) is 0 Å². The van der Waals surface area contributed by atoms with Crippen LogP contribution in [0.25, 0.3) is 0 Å². The Balaban J connectivity index is 1.36. The summed E-state index contributed by atoms with van der Waals surface area (Å²) in [5.41, 5.74) is 3.47. The molecule has 0 bridgehead atoms. The number of carbonyl (C=O) groups excluding carboxylic acids is 1. The fourth-order valence-electron chi connectivity index (χ4n) is 4.02. The number of anilines is 1. The quantitative estimate of drug-likeness (QED) is 0.597. The number of aromatic nitrogens is 2. The molecule has 1 fully saturated rings. The third-order valence-corrected chi connectivity index (χ3v) is 5.95. The molecule has 166 valence electrons. The number of nitrogens with zero attached hydrogens (tertiary/aromatic N) is 3. The molecule has 1 saturated heterocycles. The normalized spacial score (nSPS) is 15.3. The van der Waals surface area contributed by atoms with Crippen molar-refractivity contribution in [2.75, 3.05) is 18.0 Å². The lowest BCUT2D eigenvalue weighted by Gasteiger charge is -2.33. The van der Waals surface area contributed by atoms with Crippen LogP contribution in [0, 0.1) is 19.8 Å². The van der Waals surface area contributed by atoms with Gasteiger partial charge in [0.15, 0.2) is 5.82 Å². The van der Waals surface area contributed by atoms with E-state index in [4.69, 9.17) is 4.74 Å². The van der Waals surface area contributed by atoms with E-state index in [-0.39, 0.29) is 17.9 Å². The average molecular weight is 431 g/mol. The molecule has 1 atom stereocenters. The maximum Gasteiger partial charge on any atom is 0.263 e. The Morgan fingerprint density at radius 1 is 1.03 bits per heavy atom. The second kappa shape index (κ2) is 9.81. The Hall–Kier alpha value is -3.41. The van der Waals surface area contributed by atoms with E-state index in [0.717, 1.165) is 48.6 Å². The first-order valence-corrected chi connectivity index (χ1v) is 11.2. The number of carbonyl (C=O) groups is 1. The topological polar surface area (TPSA) is 67.4 Å². The summed E-state index contributed by atoms with van der Waals surface area (Å²) in [6.45, 7) is 7.60. The fraction of sp³-hybridized carbons (Fsp3) is 0.346. The lowest BCUT2D eigenvalue weighted by molar-refractivity contribution is -0.126. The predicted molar refractivity (Wildman–Crippen MR) is 126 cm³/mol. The third kappa shape index (κ3) is 5.25. The molecule has 1 aromatic heterocycles. The highest BCUT2D eigenvalue weighted by atomic mass is 16.5. The van der Waals surface area contributed by atoms with Crippen molar-refractivity contribution in [3.63, 3.8) is 0 Å². The molecule has 4 rings (SSSR count). The number of hydrogen-bond donors (Lipinski definition) is 1. The van der Waals surface area contributed by atoms with Crippen LogP contribution in [0.5, 0.6) is 11.6 Å². The monoisotopic (exact) mass is 430 g/mol. The zero-order chi connectivity index (χ0) is 22.5. The van der Waals surface area contributed by atoms with Crippen LogP contribution in [0.1, 0.15) is 42.5 Å². The van der Waals surface area contributed by atoms with E-state index in [9.17, 15) is 4.79 Å². The number of ether oxygens (including phenoxy) is 1. The molecular weight excluding hydrogens is 400 g/mol. The highest BCUT2D eigenvalue weighted by Crippen LogP contribution is 2.31. The molecule has 3 aromatic rings. The molecule has 0 saturated carbocycles. The van der Waals surface area contributed by atoms with Crippen molar-refractivity contribution in [3.8, 4) is 11.6 Å². The number of benzene rings is 2. The minimum Gasteiger partial charge on any atom is -0.436 e. The SMILES string of the molecule is Cc1ccc([C@H](C)NC(=O)C2CCN(c3nccnc3Oc3cccc(C)c3)CC2)cc1. The Bertz CT molecular complexity index is 1060. The van der Waals surface area contributed by atoms with E-state index in [2.05, 4.69) is 51.4 Å². The van der Waals surface area contributed by atoms with Crippen LogP contribution < -0.4 is 15.0 Å². The van der Waals surface area contributed by atoms with Gasteiger partial charge in [-0.1, -0.05) is 42.0 Å². The molecule has 0 radical (unpaired) electrons. The van der Waals surface area contributed by atoms with Gasteiger partial charge in [0.2, 0.25) is 5.91 Å². The van der Waals surface area contributed by atoms with Gasteiger partial charge in [-0.25, -0.2) is 9.97 Å². The number of nitrogens with one attached hydrogen (secondary N) is 1. The number of aryl methyl sites for hydroxylation is 2. The van der Waals surface area contributed by atoms with Crippen LogP contribution in [0.15, 0.2) is 60.9 Å². The van der Waals surface area contributed by atoms with Gasteiger partial charge in [-0.2, -0.15) is 0 Å². The maximum atomic E-state index is 12.8. The molecule has 2 heterocycles. The van der Waals surface area contributed by atoms with E-state index in [0.29, 0.717) is 5.88 Å². The molecule has 6 heteroatoms. The summed E-state index contributed by atoms with van der Waals surface area (Å²) < 4.78 is 6.03. The minimum absolute atomic E-state index is 0.00281. The van der Waals surface area contributed by atoms with Crippen LogP contribution in [-0.4, -0.2) is 29.0 Å². The fourth-order valence-corrected chi connectivity index (χ4v) is 4.02. The molecule has 0 aliphatic carbocycles. The summed E-state index contributed by atoms with van der Waals surface area (Å²) in [6.07, 6.45) is 4.86. The van der Waals surface area contributed by atoms with E-state index in [1.54, 1.807) is 12.4 Å². The Kier molecular flexibility index (Phi) is 6.69. The van der Waals surface area contributed by atoms with E-state index in [1.165, 1.54) is 5.56 Å². The van der Waals surface area contributed by atoms with Crippen molar-refractivity contribution < 1.29 is 9.53 Å². The van der Waals surface area contributed by atoms with Crippen LogP contribution in [-0.2, 0) is 4.79 Å². The third-order valence-electron chi connectivity index (χ3n) is 5.95. The zero-order valence-electron chi connectivity index (χ0n) is 18.9. The molecule has 0 unspecified atom stereocenters. The molecule has 0 spiro atoms. The summed E-state index contributed by atoms with van der Waals surface area (Å²) in [4.78, 5) is 23.9. The van der Waals surface area contributed by atoms with Crippen molar-refractivity contribution >= 4 is 11.7 Å². The molecule has 1 aliphatic heterocycles. The molecule has 32 heavy (non-hydrogen) atoms. The number of piperidine rings is 1. The first-order valence-electron chi connectivity index (χ1n) is 11.2. The zero-order valence-corrected chi connectivity index (χ0v) is 18.9. The van der Waals surface area contributed by atoms with Gasteiger partial charge in [0.05, 0.1) is 6.04 Å². The molecular formula is C26H30N4O2. The predicted octanol–water partition coefficient (Wildman–Crippen LogP) is 4.98.